The first-order chi connectivity index (χ1) is 15.0. The summed E-state index contributed by atoms with van der Waals surface area (Å²) in [6.45, 7) is 3.89. The molecular weight excluding hydrogens is 390 g/mol. The minimum Gasteiger partial charge on any atom is -0.494 e. The third-order valence-electron chi connectivity index (χ3n) is 5.41. The van der Waals surface area contributed by atoms with E-state index in [0.29, 0.717) is 11.4 Å². The van der Waals surface area contributed by atoms with Gasteiger partial charge in [-0.25, -0.2) is 9.97 Å². The average molecular weight is 415 g/mol. The monoisotopic (exact) mass is 415 g/mol. The first kappa shape index (κ1) is 20.5. The highest BCUT2D eigenvalue weighted by atomic mass is 16.5. The highest BCUT2D eigenvalue weighted by Gasteiger charge is 2.19. The van der Waals surface area contributed by atoms with Crippen LogP contribution in [0.15, 0.2) is 55.0 Å². The van der Waals surface area contributed by atoms with E-state index in [1.54, 1.807) is 11.8 Å². The fourth-order valence-electron chi connectivity index (χ4n) is 3.48. The molecule has 0 spiro atoms. The van der Waals surface area contributed by atoms with Crippen LogP contribution in [0, 0.1) is 5.92 Å². The first-order valence-corrected chi connectivity index (χ1v) is 10.2. The molecule has 4 aromatic rings. The number of ether oxygens (including phenoxy) is 1. The van der Waals surface area contributed by atoms with Gasteiger partial charge in [0.1, 0.15) is 17.8 Å². The van der Waals surface area contributed by atoms with Crippen molar-refractivity contribution < 1.29 is 9.53 Å². The topological polar surface area (TPSA) is 81.9 Å². The number of hydrogen-bond acceptors (Lipinski definition) is 5. The summed E-state index contributed by atoms with van der Waals surface area (Å²) < 4.78 is 7.30. The van der Waals surface area contributed by atoms with E-state index in [-0.39, 0.29) is 11.8 Å². The van der Waals surface area contributed by atoms with E-state index >= 15 is 0 Å². The lowest BCUT2D eigenvalue weighted by atomic mass is 10.0. The second-order valence-electron chi connectivity index (χ2n) is 7.52. The molecule has 2 aromatic heterocycles. The van der Waals surface area contributed by atoms with Crippen LogP contribution in [0.5, 0.6) is 5.75 Å². The molecule has 7 nitrogen and oxygen atoms in total. The minimum atomic E-state index is -0.102. The lowest BCUT2D eigenvalue weighted by Crippen LogP contribution is -2.20. The van der Waals surface area contributed by atoms with Gasteiger partial charge in [-0.05, 0) is 12.5 Å². The van der Waals surface area contributed by atoms with Crippen molar-refractivity contribution in [1.82, 2.24) is 19.7 Å². The number of anilines is 1. The molecule has 0 aliphatic carbocycles. The quantitative estimate of drug-likeness (QED) is 0.494. The summed E-state index contributed by atoms with van der Waals surface area (Å²) in [5, 5.41) is 8.47. The van der Waals surface area contributed by atoms with Gasteiger partial charge < -0.3 is 10.1 Å². The molecular formula is C24H25N5O2. The molecule has 2 aromatic carbocycles. The highest BCUT2D eigenvalue weighted by Crippen LogP contribution is 2.37. The summed E-state index contributed by atoms with van der Waals surface area (Å²) in [6, 6.07) is 13.7. The van der Waals surface area contributed by atoms with Crippen LogP contribution >= 0.6 is 0 Å². The van der Waals surface area contributed by atoms with Crippen molar-refractivity contribution in [1.29, 1.82) is 0 Å². The Hall–Kier alpha value is -3.74. The maximum absolute atomic E-state index is 12.5. The van der Waals surface area contributed by atoms with Crippen LogP contribution in [-0.4, -0.2) is 32.8 Å². The zero-order chi connectivity index (χ0) is 22.0. The molecule has 7 heteroatoms. The van der Waals surface area contributed by atoms with Crippen LogP contribution in [0.1, 0.15) is 20.3 Å². The van der Waals surface area contributed by atoms with Crippen molar-refractivity contribution in [2.75, 3.05) is 12.4 Å². The van der Waals surface area contributed by atoms with Crippen LogP contribution in [0.3, 0.4) is 0 Å². The fraction of sp³-hybridized carbons (Fsp3) is 0.250. The van der Waals surface area contributed by atoms with E-state index in [4.69, 9.17) is 4.74 Å². The van der Waals surface area contributed by atoms with Crippen LogP contribution < -0.4 is 10.1 Å². The second-order valence-corrected chi connectivity index (χ2v) is 7.52. The van der Waals surface area contributed by atoms with Crippen LogP contribution in [-0.2, 0) is 11.8 Å². The normalized spacial score (nSPS) is 12.0. The Balaban J connectivity index is 1.89. The van der Waals surface area contributed by atoms with E-state index in [9.17, 15) is 4.79 Å². The van der Waals surface area contributed by atoms with Gasteiger partial charge in [-0.2, -0.15) is 5.10 Å². The molecule has 31 heavy (non-hydrogen) atoms. The molecule has 0 unspecified atom stereocenters. The molecule has 2 heterocycles. The Morgan fingerprint density at radius 3 is 2.65 bits per heavy atom. The third-order valence-corrected chi connectivity index (χ3v) is 5.41. The van der Waals surface area contributed by atoms with Crippen LogP contribution in [0.25, 0.3) is 33.4 Å². The van der Waals surface area contributed by atoms with Gasteiger partial charge in [-0.1, -0.05) is 44.2 Å². The molecule has 4 rings (SSSR count). The van der Waals surface area contributed by atoms with Crippen molar-refractivity contribution in [2.24, 2.45) is 13.0 Å². The lowest BCUT2D eigenvalue weighted by Gasteiger charge is -2.15. The van der Waals surface area contributed by atoms with Gasteiger partial charge in [0.2, 0.25) is 5.91 Å². The van der Waals surface area contributed by atoms with Gasteiger partial charge in [-0.3, -0.25) is 9.48 Å². The van der Waals surface area contributed by atoms with Crippen molar-refractivity contribution in [3.63, 3.8) is 0 Å². The Bertz CT molecular complexity index is 1230. The Morgan fingerprint density at radius 1 is 1.16 bits per heavy atom. The number of nitrogens with one attached hydrogen (secondary N) is 1. The van der Waals surface area contributed by atoms with Gasteiger partial charge in [0.05, 0.1) is 24.0 Å². The number of aryl methyl sites for hydroxylation is 1. The smallest absolute Gasteiger partial charge is 0.227 e. The molecule has 0 fully saturated rings. The maximum atomic E-state index is 12.5. The second kappa shape index (κ2) is 8.55. The Labute approximate surface area is 181 Å². The van der Waals surface area contributed by atoms with Gasteiger partial charge >= 0.3 is 0 Å². The van der Waals surface area contributed by atoms with Crippen molar-refractivity contribution in [3.05, 3.63) is 55.0 Å². The zero-order valence-electron chi connectivity index (χ0n) is 18.1. The number of benzene rings is 2. The molecule has 1 N–H and O–H groups in total. The fourth-order valence-corrected chi connectivity index (χ4v) is 3.48. The molecule has 0 bridgehead atoms. The summed E-state index contributed by atoms with van der Waals surface area (Å²) in [4.78, 5) is 21.5. The molecule has 0 radical (unpaired) electrons. The molecule has 0 saturated heterocycles. The summed E-state index contributed by atoms with van der Waals surface area (Å²) in [5.74, 6) is 0.406. The molecule has 1 atom stereocenters. The molecule has 0 aliphatic heterocycles. The number of hydrogen-bond donors (Lipinski definition) is 1. The summed E-state index contributed by atoms with van der Waals surface area (Å²) in [5.41, 5.74) is 4.81. The molecule has 1 amide bonds. The lowest BCUT2D eigenvalue weighted by molar-refractivity contribution is -0.119. The number of nitrogens with zero attached hydrogens (tertiary/aromatic N) is 4. The minimum absolute atomic E-state index is 0.0510. The number of fused-ring (bicyclic) bond motifs is 1. The van der Waals surface area contributed by atoms with E-state index in [0.717, 1.165) is 39.8 Å². The summed E-state index contributed by atoms with van der Waals surface area (Å²) in [6.07, 6.45) is 4.24. The summed E-state index contributed by atoms with van der Waals surface area (Å²) >= 11 is 0. The zero-order valence-corrected chi connectivity index (χ0v) is 18.1. The average Bonchev–Trinajstić information content (AvgIpc) is 3.19. The number of aromatic nitrogens is 4. The van der Waals surface area contributed by atoms with Crippen molar-refractivity contribution >= 4 is 22.5 Å². The third kappa shape index (κ3) is 3.99. The predicted octanol–water partition coefficient (Wildman–Crippen LogP) is 4.69. The van der Waals surface area contributed by atoms with Gasteiger partial charge in [0, 0.05) is 41.7 Å². The van der Waals surface area contributed by atoms with Crippen molar-refractivity contribution in [3.8, 4) is 28.3 Å². The Kier molecular flexibility index (Phi) is 5.66. The number of carbonyl (C=O) groups is 1. The standard InChI is InChI=1S/C24H25N5O2/c1-5-15(2)24(30)27-20-11-17-19(12-21(20)31-4)25-14-26-23(17)18-13-29(3)28-22(18)16-9-7-6-8-10-16/h6-15H,5H2,1-4H3,(H,27,30)/t15-/m1/s1. The number of methoxy groups -OCH3 is 1. The highest BCUT2D eigenvalue weighted by molar-refractivity contribution is 6.02. The molecule has 158 valence electrons. The number of carbonyl (C=O) groups excluding carboxylic acids is 1. The van der Waals surface area contributed by atoms with Crippen molar-refractivity contribution in [2.45, 2.75) is 20.3 Å². The molecule has 0 aliphatic rings. The van der Waals surface area contributed by atoms with Crippen LogP contribution in [0.2, 0.25) is 0 Å². The maximum Gasteiger partial charge on any atom is 0.227 e. The first-order valence-electron chi connectivity index (χ1n) is 10.2. The number of amides is 1. The van der Waals surface area contributed by atoms with E-state index in [1.807, 2.05) is 69.6 Å². The van der Waals surface area contributed by atoms with Gasteiger partial charge in [0.15, 0.2) is 0 Å². The Morgan fingerprint density at radius 2 is 1.94 bits per heavy atom. The van der Waals surface area contributed by atoms with E-state index in [1.165, 1.54) is 6.33 Å². The van der Waals surface area contributed by atoms with Crippen LogP contribution in [0.4, 0.5) is 5.69 Å². The van der Waals surface area contributed by atoms with Gasteiger partial charge in [0.25, 0.3) is 0 Å². The summed E-state index contributed by atoms with van der Waals surface area (Å²) in [7, 11) is 3.47. The largest absolute Gasteiger partial charge is 0.494 e. The van der Waals surface area contributed by atoms with E-state index in [2.05, 4.69) is 20.4 Å². The van der Waals surface area contributed by atoms with E-state index < -0.39 is 0 Å². The molecule has 0 saturated carbocycles. The number of rotatable bonds is 6. The predicted molar refractivity (Wildman–Crippen MR) is 122 cm³/mol. The SMILES string of the molecule is CC[C@@H](C)C(=O)Nc1cc2c(-c3cn(C)nc3-c3ccccc3)ncnc2cc1OC. The van der Waals surface area contributed by atoms with Gasteiger partial charge in [-0.15, -0.1) is 0 Å².